The van der Waals surface area contributed by atoms with Gasteiger partial charge in [-0.2, -0.15) is 0 Å². The van der Waals surface area contributed by atoms with Crippen molar-refractivity contribution in [2.45, 2.75) is 20.4 Å². The Balaban J connectivity index is 1.91. The first kappa shape index (κ1) is 12.6. The van der Waals surface area contributed by atoms with Crippen molar-refractivity contribution in [2.24, 2.45) is 0 Å². The third-order valence-electron chi connectivity index (χ3n) is 2.63. The second kappa shape index (κ2) is 5.69. The van der Waals surface area contributed by atoms with Gasteiger partial charge in [-0.15, -0.1) is 0 Å². The maximum absolute atomic E-state index is 5.24. The molecule has 1 aromatic heterocycles. The fourth-order valence-corrected chi connectivity index (χ4v) is 1.88. The van der Waals surface area contributed by atoms with E-state index >= 15 is 0 Å². The summed E-state index contributed by atoms with van der Waals surface area (Å²) < 4.78 is 5.22. The van der Waals surface area contributed by atoms with Gasteiger partial charge in [0.25, 0.3) is 0 Å². The monoisotopic (exact) mass is 260 g/mol. The molecule has 0 amide bonds. The van der Waals surface area contributed by atoms with E-state index in [0.717, 1.165) is 11.4 Å². The lowest BCUT2D eigenvalue weighted by atomic mass is 10.1. The van der Waals surface area contributed by atoms with Crippen molar-refractivity contribution in [3.8, 4) is 0 Å². The molecule has 94 valence electrons. The molecule has 0 bridgehead atoms. The number of benzene rings is 1. The maximum atomic E-state index is 5.24. The average Bonchev–Trinajstić information content (AvgIpc) is 2.83. The lowest BCUT2D eigenvalue weighted by molar-refractivity contribution is 0.503. The smallest absolute Gasteiger partial charge is 0.171 e. The van der Waals surface area contributed by atoms with Gasteiger partial charge in [-0.3, -0.25) is 0 Å². The predicted octanol–water partition coefficient (Wildman–Crippen LogP) is 3.38. The number of anilines is 1. The van der Waals surface area contributed by atoms with E-state index < -0.39 is 0 Å². The third kappa shape index (κ3) is 3.34. The van der Waals surface area contributed by atoms with E-state index in [0.29, 0.717) is 11.7 Å². The van der Waals surface area contributed by atoms with Crippen molar-refractivity contribution >= 4 is 23.0 Å². The Morgan fingerprint density at radius 2 is 2.11 bits per heavy atom. The fourth-order valence-electron chi connectivity index (χ4n) is 1.70. The highest BCUT2D eigenvalue weighted by molar-refractivity contribution is 7.80. The van der Waals surface area contributed by atoms with Crippen LogP contribution in [0.2, 0.25) is 0 Å². The molecule has 2 N–H and O–H groups in total. The van der Waals surface area contributed by atoms with Gasteiger partial charge in [0.05, 0.1) is 12.8 Å². The average molecular weight is 260 g/mol. The largest absolute Gasteiger partial charge is 0.467 e. The molecular weight excluding hydrogens is 244 g/mol. The van der Waals surface area contributed by atoms with Gasteiger partial charge in [-0.05, 0) is 49.8 Å². The van der Waals surface area contributed by atoms with Crippen LogP contribution in [0.4, 0.5) is 5.69 Å². The molecule has 0 saturated heterocycles. The highest BCUT2D eigenvalue weighted by atomic mass is 32.1. The zero-order valence-corrected chi connectivity index (χ0v) is 11.3. The Labute approximate surface area is 112 Å². The number of hydrogen-bond acceptors (Lipinski definition) is 2. The molecule has 18 heavy (non-hydrogen) atoms. The van der Waals surface area contributed by atoms with Crippen molar-refractivity contribution in [1.29, 1.82) is 0 Å². The van der Waals surface area contributed by atoms with Gasteiger partial charge >= 0.3 is 0 Å². The SMILES string of the molecule is Cc1ccc(NC(=S)NCc2ccco2)c(C)c1. The first-order chi connectivity index (χ1) is 8.65. The molecule has 3 nitrogen and oxygen atoms in total. The molecule has 0 spiro atoms. The Morgan fingerprint density at radius 3 is 2.78 bits per heavy atom. The van der Waals surface area contributed by atoms with Crippen molar-refractivity contribution in [3.63, 3.8) is 0 Å². The Morgan fingerprint density at radius 1 is 1.28 bits per heavy atom. The summed E-state index contributed by atoms with van der Waals surface area (Å²) in [6.45, 7) is 4.72. The Kier molecular flexibility index (Phi) is 3.99. The molecule has 2 rings (SSSR count). The van der Waals surface area contributed by atoms with Crippen LogP contribution in [-0.4, -0.2) is 5.11 Å². The summed E-state index contributed by atoms with van der Waals surface area (Å²) in [5.74, 6) is 0.861. The van der Waals surface area contributed by atoms with Gasteiger partial charge in [0.1, 0.15) is 5.76 Å². The highest BCUT2D eigenvalue weighted by Gasteiger charge is 2.02. The van der Waals surface area contributed by atoms with Gasteiger partial charge in [-0.25, -0.2) is 0 Å². The number of rotatable bonds is 3. The molecule has 4 heteroatoms. The minimum atomic E-state index is 0.587. The van der Waals surface area contributed by atoms with Crippen molar-refractivity contribution in [3.05, 3.63) is 53.5 Å². The predicted molar refractivity (Wildman–Crippen MR) is 77.7 cm³/mol. The van der Waals surface area contributed by atoms with E-state index in [2.05, 4.69) is 36.6 Å². The lowest BCUT2D eigenvalue weighted by Crippen LogP contribution is -2.28. The van der Waals surface area contributed by atoms with Crippen LogP contribution in [-0.2, 0) is 6.54 Å². The van der Waals surface area contributed by atoms with Crippen LogP contribution < -0.4 is 10.6 Å². The Bertz CT molecular complexity index is 535. The molecule has 0 fully saturated rings. The normalized spacial score (nSPS) is 10.1. The molecule has 0 radical (unpaired) electrons. The van der Waals surface area contributed by atoms with Gasteiger partial charge in [0.15, 0.2) is 5.11 Å². The quantitative estimate of drug-likeness (QED) is 0.830. The van der Waals surface area contributed by atoms with Crippen molar-refractivity contribution in [2.75, 3.05) is 5.32 Å². The summed E-state index contributed by atoms with van der Waals surface area (Å²) >= 11 is 5.24. The summed E-state index contributed by atoms with van der Waals surface area (Å²) in [7, 11) is 0. The van der Waals surface area contributed by atoms with Gasteiger partial charge < -0.3 is 15.1 Å². The fraction of sp³-hybridized carbons (Fsp3) is 0.214. The first-order valence-electron chi connectivity index (χ1n) is 5.79. The number of thiocarbonyl (C=S) groups is 1. The summed E-state index contributed by atoms with van der Waals surface area (Å²) in [6, 6.07) is 9.98. The minimum absolute atomic E-state index is 0.587. The second-order valence-corrected chi connectivity index (χ2v) is 4.61. The van der Waals surface area contributed by atoms with Gasteiger partial charge in [-0.1, -0.05) is 17.7 Å². The maximum Gasteiger partial charge on any atom is 0.171 e. The van der Waals surface area contributed by atoms with Crippen LogP contribution in [0.3, 0.4) is 0 Å². The molecule has 1 heterocycles. The van der Waals surface area contributed by atoms with E-state index in [1.807, 2.05) is 18.2 Å². The van der Waals surface area contributed by atoms with E-state index in [-0.39, 0.29) is 0 Å². The van der Waals surface area contributed by atoms with Gasteiger partial charge in [0, 0.05) is 5.69 Å². The number of aryl methyl sites for hydroxylation is 2. The molecule has 0 saturated carbocycles. The van der Waals surface area contributed by atoms with E-state index in [1.54, 1.807) is 6.26 Å². The van der Waals surface area contributed by atoms with Gasteiger partial charge in [0.2, 0.25) is 0 Å². The Hall–Kier alpha value is -1.81. The highest BCUT2D eigenvalue weighted by Crippen LogP contribution is 2.15. The van der Waals surface area contributed by atoms with Crippen LogP contribution >= 0.6 is 12.2 Å². The second-order valence-electron chi connectivity index (χ2n) is 4.21. The summed E-state index contributed by atoms with van der Waals surface area (Å²) in [5, 5.41) is 6.88. The van der Waals surface area contributed by atoms with Crippen molar-refractivity contribution < 1.29 is 4.42 Å². The topological polar surface area (TPSA) is 37.2 Å². The number of hydrogen-bond donors (Lipinski definition) is 2. The van der Waals surface area contributed by atoms with E-state index in [1.165, 1.54) is 11.1 Å². The van der Waals surface area contributed by atoms with E-state index in [9.17, 15) is 0 Å². The number of nitrogens with one attached hydrogen (secondary N) is 2. The molecule has 0 aliphatic heterocycles. The minimum Gasteiger partial charge on any atom is -0.467 e. The molecule has 0 aliphatic rings. The number of furan rings is 1. The molecule has 2 aromatic rings. The van der Waals surface area contributed by atoms with Crippen LogP contribution in [0, 0.1) is 13.8 Å². The molecular formula is C14H16N2OS. The van der Waals surface area contributed by atoms with Crippen LogP contribution in [0.25, 0.3) is 0 Å². The molecule has 0 aliphatic carbocycles. The molecule has 0 atom stereocenters. The first-order valence-corrected chi connectivity index (χ1v) is 6.20. The van der Waals surface area contributed by atoms with E-state index in [4.69, 9.17) is 16.6 Å². The standard InChI is InChI=1S/C14H16N2OS/c1-10-5-6-13(11(2)8-10)16-14(18)15-9-12-4-3-7-17-12/h3-8H,9H2,1-2H3,(H2,15,16,18). The third-order valence-corrected chi connectivity index (χ3v) is 2.88. The van der Waals surface area contributed by atoms with Crippen LogP contribution in [0.5, 0.6) is 0 Å². The summed E-state index contributed by atoms with van der Waals surface area (Å²) in [4.78, 5) is 0. The molecule has 0 unspecified atom stereocenters. The zero-order valence-electron chi connectivity index (χ0n) is 10.5. The molecule has 1 aromatic carbocycles. The van der Waals surface area contributed by atoms with Crippen molar-refractivity contribution in [1.82, 2.24) is 5.32 Å². The summed E-state index contributed by atoms with van der Waals surface area (Å²) in [6.07, 6.45) is 1.65. The van der Waals surface area contributed by atoms with Crippen LogP contribution in [0.15, 0.2) is 41.0 Å². The zero-order chi connectivity index (χ0) is 13.0. The lowest BCUT2D eigenvalue weighted by Gasteiger charge is -2.12. The van der Waals surface area contributed by atoms with Crippen LogP contribution in [0.1, 0.15) is 16.9 Å². The summed E-state index contributed by atoms with van der Waals surface area (Å²) in [5.41, 5.74) is 3.45.